The van der Waals surface area contributed by atoms with E-state index < -0.39 is 6.04 Å². The zero-order chi connectivity index (χ0) is 13.0. The molecule has 90 valence electrons. The van der Waals surface area contributed by atoms with Gasteiger partial charge in [0.05, 0.1) is 6.07 Å². The van der Waals surface area contributed by atoms with Gasteiger partial charge in [-0.05, 0) is 37.0 Å². The van der Waals surface area contributed by atoms with E-state index in [2.05, 4.69) is 11.4 Å². The van der Waals surface area contributed by atoms with E-state index in [1.165, 1.54) is 0 Å². The van der Waals surface area contributed by atoms with Crippen molar-refractivity contribution in [3.63, 3.8) is 0 Å². The molecule has 0 aliphatic carbocycles. The molecule has 0 aliphatic heterocycles. The second-order valence-corrected chi connectivity index (χ2v) is 4.57. The minimum atomic E-state index is -0.442. The summed E-state index contributed by atoms with van der Waals surface area (Å²) in [6.45, 7) is 7.71. The fourth-order valence-electron chi connectivity index (χ4n) is 1.56. The molecule has 1 unspecified atom stereocenters. The first kappa shape index (κ1) is 13.2. The smallest absolute Gasteiger partial charge is 0.252 e. The van der Waals surface area contributed by atoms with E-state index in [4.69, 9.17) is 5.26 Å². The Labute approximate surface area is 102 Å². The van der Waals surface area contributed by atoms with Crippen LogP contribution in [0, 0.1) is 31.1 Å². The molecule has 1 atom stereocenters. The number of amides is 1. The Hall–Kier alpha value is -1.82. The molecule has 0 saturated carbocycles. The summed E-state index contributed by atoms with van der Waals surface area (Å²) in [4.78, 5) is 12.0. The van der Waals surface area contributed by atoms with E-state index in [1.807, 2.05) is 39.8 Å². The topological polar surface area (TPSA) is 52.9 Å². The largest absolute Gasteiger partial charge is 0.336 e. The predicted molar refractivity (Wildman–Crippen MR) is 67.6 cm³/mol. The van der Waals surface area contributed by atoms with E-state index in [9.17, 15) is 4.79 Å². The number of carbonyl (C=O) groups excluding carboxylic acids is 1. The number of benzene rings is 1. The second kappa shape index (κ2) is 5.49. The van der Waals surface area contributed by atoms with Gasteiger partial charge < -0.3 is 5.32 Å². The molecule has 1 N–H and O–H groups in total. The van der Waals surface area contributed by atoms with E-state index in [0.29, 0.717) is 5.56 Å². The van der Waals surface area contributed by atoms with Crippen molar-refractivity contribution in [3.8, 4) is 6.07 Å². The van der Waals surface area contributed by atoms with Crippen LogP contribution in [0.15, 0.2) is 18.2 Å². The Balaban J connectivity index is 2.91. The van der Waals surface area contributed by atoms with Gasteiger partial charge in [0.1, 0.15) is 6.04 Å². The van der Waals surface area contributed by atoms with Crippen LogP contribution in [0.4, 0.5) is 0 Å². The molecule has 1 aromatic carbocycles. The van der Waals surface area contributed by atoms with E-state index >= 15 is 0 Å². The molecule has 3 nitrogen and oxygen atoms in total. The van der Waals surface area contributed by atoms with Crippen molar-refractivity contribution in [2.45, 2.75) is 33.7 Å². The van der Waals surface area contributed by atoms with Gasteiger partial charge in [-0.2, -0.15) is 5.26 Å². The summed E-state index contributed by atoms with van der Waals surface area (Å²) in [5, 5.41) is 11.7. The van der Waals surface area contributed by atoms with Crippen LogP contribution in [0.5, 0.6) is 0 Å². The van der Waals surface area contributed by atoms with Crippen LogP contribution in [-0.2, 0) is 0 Å². The summed E-state index contributed by atoms with van der Waals surface area (Å²) in [7, 11) is 0. The number of aryl methyl sites for hydroxylation is 1. The highest BCUT2D eigenvalue weighted by atomic mass is 16.1. The molecule has 0 heterocycles. The van der Waals surface area contributed by atoms with Gasteiger partial charge in [-0.3, -0.25) is 4.79 Å². The normalized spacial score (nSPS) is 12.0. The number of nitrogens with zero attached hydrogens (tertiary/aromatic N) is 1. The second-order valence-electron chi connectivity index (χ2n) is 4.57. The van der Waals surface area contributed by atoms with Crippen molar-refractivity contribution in [3.05, 3.63) is 34.9 Å². The Morgan fingerprint density at radius 3 is 2.53 bits per heavy atom. The Morgan fingerprint density at radius 1 is 1.35 bits per heavy atom. The van der Waals surface area contributed by atoms with Gasteiger partial charge in [-0.25, -0.2) is 0 Å². The SMILES string of the molecule is Cc1cccc(C(=O)NC(C#N)C(C)C)c1C. The van der Waals surface area contributed by atoms with Gasteiger partial charge in [-0.1, -0.05) is 26.0 Å². The molecule has 0 saturated heterocycles. The van der Waals surface area contributed by atoms with Gasteiger partial charge >= 0.3 is 0 Å². The fourth-order valence-corrected chi connectivity index (χ4v) is 1.56. The van der Waals surface area contributed by atoms with Crippen molar-refractivity contribution < 1.29 is 4.79 Å². The number of hydrogen-bond donors (Lipinski definition) is 1. The summed E-state index contributed by atoms with van der Waals surface area (Å²) in [6, 6.07) is 7.27. The molecule has 0 bridgehead atoms. The molecule has 17 heavy (non-hydrogen) atoms. The highest BCUT2D eigenvalue weighted by molar-refractivity contribution is 5.96. The average molecular weight is 230 g/mol. The van der Waals surface area contributed by atoms with Gasteiger partial charge in [0.25, 0.3) is 5.91 Å². The van der Waals surface area contributed by atoms with E-state index in [1.54, 1.807) is 6.07 Å². The Morgan fingerprint density at radius 2 is 2.00 bits per heavy atom. The lowest BCUT2D eigenvalue weighted by Crippen LogP contribution is -2.37. The highest BCUT2D eigenvalue weighted by Crippen LogP contribution is 2.13. The summed E-state index contributed by atoms with van der Waals surface area (Å²) in [5.41, 5.74) is 2.69. The minimum Gasteiger partial charge on any atom is -0.336 e. The Bertz CT molecular complexity index is 458. The van der Waals surface area contributed by atoms with E-state index in [-0.39, 0.29) is 11.8 Å². The fraction of sp³-hybridized carbons (Fsp3) is 0.429. The molecule has 1 rings (SSSR count). The summed E-state index contributed by atoms with van der Waals surface area (Å²) >= 11 is 0. The molecular weight excluding hydrogens is 212 g/mol. The van der Waals surface area contributed by atoms with Crippen LogP contribution < -0.4 is 5.32 Å². The van der Waals surface area contributed by atoms with Crippen LogP contribution in [0.1, 0.15) is 35.3 Å². The van der Waals surface area contributed by atoms with Crippen molar-refractivity contribution in [1.82, 2.24) is 5.32 Å². The number of carbonyl (C=O) groups is 1. The van der Waals surface area contributed by atoms with Crippen LogP contribution in [0.2, 0.25) is 0 Å². The maximum atomic E-state index is 12.0. The first-order valence-electron chi connectivity index (χ1n) is 5.74. The summed E-state index contributed by atoms with van der Waals surface area (Å²) in [5.74, 6) is -0.0690. The zero-order valence-corrected chi connectivity index (χ0v) is 10.7. The predicted octanol–water partition coefficient (Wildman–Crippen LogP) is 2.58. The zero-order valence-electron chi connectivity index (χ0n) is 10.7. The van der Waals surface area contributed by atoms with Crippen LogP contribution >= 0.6 is 0 Å². The molecule has 0 aromatic heterocycles. The van der Waals surface area contributed by atoms with Crippen LogP contribution in [0.3, 0.4) is 0 Å². The van der Waals surface area contributed by atoms with Crippen molar-refractivity contribution >= 4 is 5.91 Å². The van der Waals surface area contributed by atoms with E-state index in [0.717, 1.165) is 11.1 Å². The quantitative estimate of drug-likeness (QED) is 0.867. The Kier molecular flexibility index (Phi) is 4.28. The standard InChI is InChI=1S/C14H18N2O/c1-9(2)13(8-15)16-14(17)12-7-5-6-10(3)11(12)4/h5-7,9,13H,1-4H3,(H,16,17). The third-order valence-corrected chi connectivity index (χ3v) is 2.94. The van der Waals surface area contributed by atoms with Crippen molar-refractivity contribution in [2.24, 2.45) is 5.92 Å². The number of rotatable bonds is 3. The maximum Gasteiger partial charge on any atom is 0.252 e. The van der Waals surface area contributed by atoms with Gasteiger partial charge in [0.2, 0.25) is 0 Å². The molecule has 3 heteroatoms. The first-order chi connectivity index (χ1) is 7.97. The third kappa shape index (κ3) is 3.07. The third-order valence-electron chi connectivity index (χ3n) is 2.94. The maximum absolute atomic E-state index is 12.0. The highest BCUT2D eigenvalue weighted by Gasteiger charge is 2.17. The average Bonchev–Trinajstić information content (AvgIpc) is 2.28. The number of nitriles is 1. The molecule has 0 spiro atoms. The molecule has 0 radical (unpaired) electrons. The van der Waals surface area contributed by atoms with Crippen molar-refractivity contribution in [1.29, 1.82) is 5.26 Å². The lowest BCUT2D eigenvalue weighted by molar-refractivity contribution is 0.0937. The molecule has 0 aliphatic rings. The number of nitrogens with one attached hydrogen (secondary N) is 1. The lowest BCUT2D eigenvalue weighted by atomic mass is 10.0. The van der Waals surface area contributed by atoms with Crippen molar-refractivity contribution in [2.75, 3.05) is 0 Å². The van der Waals surface area contributed by atoms with Gasteiger partial charge in [-0.15, -0.1) is 0 Å². The molecular formula is C14H18N2O. The monoisotopic (exact) mass is 230 g/mol. The molecule has 1 aromatic rings. The van der Waals surface area contributed by atoms with Crippen LogP contribution in [0.25, 0.3) is 0 Å². The molecule has 1 amide bonds. The van der Waals surface area contributed by atoms with Gasteiger partial charge in [0.15, 0.2) is 0 Å². The van der Waals surface area contributed by atoms with Crippen LogP contribution in [-0.4, -0.2) is 11.9 Å². The van der Waals surface area contributed by atoms with Gasteiger partial charge in [0, 0.05) is 5.56 Å². The lowest BCUT2D eigenvalue weighted by Gasteiger charge is -2.16. The number of hydrogen-bond acceptors (Lipinski definition) is 2. The first-order valence-corrected chi connectivity index (χ1v) is 5.74. The minimum absolute atomic E-state index is 0.106. The molecule has 0 fully saturated rings. The summed E-state index contributed by atoms with van der Waals surface area (Å²) in [6.07, 6.45) is 0. The summed E-state index contributed by atoms with van der Waals surface area (Å²) < 4.78 is 0.